The predicted molar refractivity (Wildman–Crippen MR) is 118 cm³/mol. The number of pyridine rings is 1. The van der Waals surface area contributed by atoms with Crippen molar-refractivity contribution in [2.45, 2.75) is 0 Å². The lowest BCUT2D eigenvalue weighted by Crippen LogP contribution is -2.22. The quantitative estimate of drug-likeness (QED) is 0.545. The van der Waals surface area contributed by atoms with Gasteiger partial charge in [0.05, 0.1) is 53.6 Å². The molecule has 0 saturated heterocycles. The maximum absolute atomic E-state index is 13.2. The number of hydrogen-bond acceptors (Lipinski definition) is 8. The van der Waals surface area contributed by atoms with Crippen LogP contribution in [-0.4, -0.2) is 53.5 Å². The van der Waals surface area contributed by atoms with E-state index in [0.717, 1.165) is 0 Å². The zero-order chi connectivity index (χ0) is 23.4. The fourth-order valence-electron chi connectivity index (χ4n) is 3.37. The summed E-state index contributed by atoms with van der Waals surface area (Å²) in [7, 11) is 8.71. The van der Waals surface area contributed by atoms with Gasteiger partial charge < -0.3 is 38.7 Å². The van der Waals surface area contributed by atoms with Gasteiger partial charge in [0.2, 0.25) is 16.9 Å². The van der Waals surface area contributed by atoms with E-state index in [9.17, 15) is 9.59 Å². The van der Waals surface area contributed by atoms with Crippen molar-refractivity contribution < 1.29 is 33.2 Å². The highest BCUT2D eigenvalue weighted by molar-refractivity contribution is 6.06. The molecule has 10 nitrogen and oxygen atoms in total. The van der Waals surface area contributed by atoms with Gasteiger partial charge in [-0.25, -0.2) is 0 Å². The second-order valence-electron chi connectivity index (χ2n) is 6.47. The Labute approximate surface area is 183 Å². The Kier molecular flexibility index (Phi) is 6.62. The van der Waals surface area contributed by atoms with E-state index in [1.165, 1.54) is 48.9 Å². The van der Waals surface area contributed by atoms with E-state index in [1.54, 1.807) is 18.2 Å². The van der Waals surface area contributed by atoms with Crippen LogP contribution in [0.1, 0.15) is 10.4 Å². The van der Waals surface area contributed by atoms with Crippen LogP contribution in [0.4, 0.5) is 5.69 Å². The first-order valence-electron chi connectivity index (χ1n) is 9.39. The van der Waals surface area contributed by atoms with Gasteiger partial charge in [-0.2, -0.15) is 0 Å². The average molecular weight is 444 g/mol. The number of ether oxygens (including phenoxy) is 6. The number of amides is 1. The first-order chi connectivity index (χ1) is 15.4. The molecule has 10 heteroatoms. The summed E-state index contributed by atoms with van der Waals surface area (Å²) in [4.78, 5) is 29.1. The minimum absolute atomic E-state index is 0.128. The lowest BCUT2D eigenvalue weighted by Gasteiger charge is -2.16. The van der Waals surface area contributed by atoms with Crippen molar-refractivity contribution in [2.75, 3.05) is 48.0 Å². The van der Waals surface area contributed by atoms with Crippen LogP contribution in [0.15, 0.2) is 29.2 Å². The van der Waals surface area contributed by atoms with Crippen LogP contribution in [0.25, 0.3) is 10.9 Å². The van der Waals surface area contributed by atoms with Gasteiger partial charge in [0.25, 0.3) is 5.91 Å². The Morgan fingerprint density at radius 3 is 1.78 bits per heavy atom. The fraction of sp³-hybridized carbons (Fsp3) is 0.273. The van der Waals surface area contributed by atoms with E-state index in [4.69, 9.17) is 28.4 Å². The standard InChI is InChI=1S/C22H24N2O8/c1-27-14-7-11(8-15(28-2)19(14)30-4)24-22(26)12-10-23-13-9-16(29-3)20(31-5)21(32-6)17(13)18(12)25/h7-10H,1-6H3,(H,23,25)(H,24,26). The summed E-state index contributed by atoms with van der Waals surface area (Å²) >= 11 is 0. The molecular weight excluding hydrogens is 420 g/mol. The van der Waals surface area contributed by atoms with E-state index in [0.29, 0.717) is 34.2 Å². The van der Waals surface area contributed by atoms with Crippen molar-refractivity contribution in [1.29, 1.82) is 0 Å². The monoisotopic (exact) mass is 444 g/mol. The fourth-order valence-corrected chi connectivity index (χ4v) is 3.37. The third-order valence-corrected chi connectivity index (χ3v) is 4.84. The Bertz CT molecular complexity index is 1190. The lowest BCUT2D eigenvalue weighted by atomic mass is 10.1. The number of carbonyl (C=O) groups excluding carboxylic acids is 1. The molecule has 0 unspecified atom stereocenters. The van der Waals surface area contributed by atoms with E-state index in [1.807, 2.05) is 0 Å². The van der Waals surface area contributed by atoms with Gasteiger partial charge in [0.1, 0.15) is 5.56 Å². The smallest absolute Gasteiger partial charge is 0.261 e. The molecule has 0 aliphatic heterocycles. The number of benzene rings is 2. The molecule has 1 amide bonds. The second-order valence-corrected chi connectivity index (χ2v) is 6.47. The number of carbonyl (C=O) groups is 1. The van der Waals surface area contributed by atoms with Crippen molar-refractivity contribution in [2.24, 2.45) is 0 Å². The van der Waals surface area contributed by atoms with E-state index < -0.39 is 11.3 Å². The van der Waals surface area contributed by atoms with Crippen LogP contribution in [0.5, 0.6) is 34.5 Å². The number of rotatable bonds is 8. The van der Waals surface area contributed by atoms with Gasteiger partial charge in [-0.05, 0) is 0 Å². The van der Waals surface area contributed by atoms with E-state index in [-0.39, 0.29) is 22.4 Å². The molecule has 0 radical (unpaired) electrons. The zero-order valence-electron chi connectivity index (χ0n) is 18.6. The maximum atomic E-state index is 13.2. The normalized spacial score (nSPS) is 10.4. The predicted octanol–water partition coefficient (Wildman–Crippen LogP) is 2.83. The molecule has 0 aliphatic carbocycles. The van der Waals surface area contributed by atoms with Crippen LogP contribution in [0, 0.1) is 0 Å². The molecule has 170 valence electrons. The average Bonchev–Trinajstić information content (AvgIpc) is 2.81. The molecule has 3 aromatic rings. The SMILES string of the molecule is COc1cc(NC(=O)c2c[nH]c3cc(OC)c(OC)c(OC)c3c2=O)cc(OC)c1OC. The molecule has 0 fully saturated rings. The van der Waals surface area contributed by atoms with Gasteiger partial charge in [-0.1, -0.05) is 0 Å². The highest BCUT2D eigenvalue weighted by Gasteiger charge is 2.23. The number of H-pyrrole nitrogens is 1. The Morgan fingerprint density at radius 2 is 1.28 bits per heavy atom. The molecule has 32 heavy (non-hydrogen) atoms. The third-order valence-electron chi connectivity index (χ3n) is 4.84. The number of aromatic amines is 1. The van der Waals surface area contributed by atoms with Gasteiger partial charge in [-0.15, -0.1) is 0 Å². The van der Waals surface area contributed by atoms with Gasteiger partial charge in [-0.3, -0.25) is 9.59 Å². The first kappa shape index (κ1) is 22.6. The maximum Gasteiger partial charge on any atom is 0.261 e. The molecule has 3 rings (SSSR count). The zero-order valence-corrected chi connectivity index (χ0v) is 18.6. The van der Waals surface area contributed by atoms with E-state index >= 15 is 0 Å². The summed E-state index contributed by atoms with van der Waals surface area (Å²) in [5, 5.41) is 2.84. The summed E-state index contributed by atoms with van der Waals surface area (Å²) in [6.07, 6.45) is 1.32. The number of aromatic nitrogens is 1. The van der Waals surface area contributed by atoms with Crippen molar-refractivity contribution in [3.63, 3.8) is 0 Å². The minimum atomic E-state index is -0.640. The molecule has 1 aromatic heterocycles. The Balaban J connectivity index is 2.10. The molecule has 1 heterocycles. The summed E-state index contributed by atoms with van der Waals surface area (Å²) in [6.45, 7) is 0. The number of hydrogen-bond donors (Lipinski definition) is 2. The number of anilines is 1. The lowest BCUT2D eigenvalue weighted by molar-refractivity contribution is 0.102. The number of nitrogens with one attached hydrogen (secondary N) is 2. The van der Waals surface area contributed by atoms with Crippen molar-refractivity contribution in [3.05, 3.63) is 40.2 Å². The molecule has 0 bridgehead atoms. The Hall–Kier alpha value is -4.08. The summed E-state index contributed by atoms with van der Waals surface area (Å²) in [6, 6.07) is 4.71. The topological polar surface area (TPSA) is 117 Å². The summed E-state index contributed by atoms with van der Waals surface area (Å²) in [5.41, 5.74) is 0.107. The first-order valence-corrected chi connectivity index (χ1v) is 9.39. The van der Waals surface area contributed by atoms with Gasteiger partial charge in [0, 0.05) is 30.1 Å². The van der Waals surface area contributed by atoms with Crippen LogP contribution in [-0.2, 0) is 0 Å². The van der Waals surface area contributed by atoms with Gasteiger partial charge >= 0.3 is 0 Å². The van der Waals surface area contributed by atoms with Gasteiger partial charge in [0.15, 0.2) is 23.0 Å². The van der Waals surface area contributed by atoms with Crippen molar-refractivity contribution in [1.82, 2.24) is 4.98 Å². The van der Waals surface area contributed by atoms with Crippen LogP contribution < -0.4 is 39.2 Å². The Morgan fingerprint density at radius 1 is 0.750 bits per heavy atom. The van der Waals surface area contributed by atoms with Crippen LogP contribution >= 0.6 is 0 Å². The van der Waals surface area contributed by atoms with Crippen LogP contribution in [0.2, 0.25) is 0 Å². The largest absolute Gasteiger partial charge is 0.493 e. The molecule has 2 N–H and O–H groups in total. The van der Waals surface area contributed by atoms with Crippen LogP contribution in [0.3, 0.4) is 0 Å². The number of methoxy groups -OCH3 is 6. The minimum Gasteiger partial charge on any atom is -0.493 e. The molecule has 0 atom stereocenters. The van der Waals surface area contributed by atoms with Crippen molar-refractivity contribution in [3.8, 4) is 34.5 Å². The molecule has 2 aromatic carbocycles. The number of fused-ring (bicyclic) bond motifs is 1. The second kappa shape index (κ2) is 9.38. The molecule has 0 saturated carbocycles. The van der Waals surface area contributed by atoms with E-state index in [2.05, 4.69) is 10.3 Å². The summed E-state index contributed by atoms with van der Waals surface area (Å²) < 4.78 is 31.9. The highest BCUT2D eigenvalue weighted by atomic mass is 16.5. The third kappa shape index (κ3) is 3.82. The molecule has 0 spiro atoms. The highest BCUT2D eigenvalue weighted by Crippen LogP contribution is 2.42. The van der Waals surface area contributed by atoms with Crippen molar-refractivity contribution >= 4 is 22.5 Å². The molecular formula is C22H24N2O8. The molecule has 0 aliphatic rings. The summed E-state index contributed by atoms with van der Waals surface area (Å²) in [5.74, 6) is 1.23.